The number of alkyl halides is 1. The molecule has 1 heterocycles. The van der Waals surface area contributed by atoms with E-state index in [1.807, 2.05) is 13.8 Å². The van der Waals surface area contributed by atoms with Gasteiger partial charge < -0.3 is 4.74 Å². The molecule has 2 aromatic rings. The van der Waals surface area contributed by atoms with Crippen molar-refractivity contribution in [1.82, 2.24) is 9.78 Å². The highest BCUT2D eigenvalue weighted by Crippen LogP contribution is 2.25. The van der Waals surface area contributed by atoms with Crippen LogP contribution < -0.4 is 4.74 Å². The Hall–Kier alpha value is -1.55. The summed E-state index contributed by atoms with van der Waals surface area (Å²) in [7, 11) is 0. The Morgan fingerprint density at radius 3 is 2.78 bits per heavy atom. The number of benzene rings is 1. The molecule has 0 atom stereocenters. The van der Waals surface area contributed by atoms with Crippen LogP contribution >= 0.6 is 11.6 Å². The molecule has 0 aliphatic heterocycles. The van der Waals surface area contributed by atoms with E-state index in [4.69, 9.17) is 16.3 Å². The van der Waals surface area contributed by atoms with Crippen molar-refractivity contribution in [1.29, 1.82) is 0 Å². The van der Waals surface area contributed by atoms with Gasteiger partial charge in [-0.25, -0.2) is 4.39 Å². The highest BCUT2D eigenvalue weighted by molar-refractivity contribution is 6.17. The smallest absolute Gasteiger partial charge is 0.166 e. The Bertz CT molecular complexity index is 540. The Morgan fingerprint density at radius 1 is 1.44 bits per heavy atom. The van der Waals surface area contributed by atoms with Gasteiger partial charge in [0.05, 0.1) is 12.4 Å². The number of hydrogen-bond acceptors (Lipinski definition) is 2. The van der Waals surface area contributed by atoms with Crippen LogP contribution in [0.5, 0.6) is 11.5 Å². The summed E-state index contributed by atoms with van der Waals surface area (Å²) in [5.74, 6) is 0.543. The number of aromatic nitrogens is 2. The zero-order valence-electron chi connectivity index (χ0n) is 10.2. The molecule has 0 amide bonds. The standard InChI is InChI=1S/C13H14ClFN2O/c1-9(2)17-8-11(7-16-17)18-13-4-3-10(6-14)5-12(13)15/h3-5,7-9H,6H2,1-2H3. The maximum absolute atomic E-state index is 13.7. The van der Waals surface area contributed by atoms with E-state index < -0.39 is 5.82 Å². The van der Waals surface area contributed by atoms with Crippen LogP contribution in [0.15, 0.2) is 30.6 Å². The SMILES string of the molecule is CC(C)n1cc(Oc2ccc(CCl)cc2F)cn1. The van der Waals surface area contributed by atoms with E-state index >= 15 is 0 Å². The zero-order valence-corrected chi connectivity index (χ0v) is 11.0. The Morgan fingerprint density at radius 2 is 2.22 bits per heavy atom. The normalized spacial score (nSPS) is 10.9. The Balaban J connectivity index is 2.17. The van der Waals surface area contributed by atoms with Crippen LogP contribution in [0.2, 0.25) is 0 Å². The molecule has 0 fully saturated rings. The second-order valence-corrected chi connectivity index (χ2v) is 4.52. The molecule has 5 heteroatoms. The predicted octanol–water partition coefficient (Wildman–Crippen LogP) is 4.13. The van der Waals surface area contributed by atoms with E-state index in [0.29, 0.717) is 5.75 Å². The van der Waals surface area contributed by atoms with Crippen molar-refractivity contribution in [2.45, 2.75) is 25.8 Å². The first-order valence-electron chi connectivity index (χ1n) is 5.66. The summed E-state index contributed by atoms with van der Waals surface area (Å²) in [5.41, 5.74) is 0.722. The van der Waals surface area contributed by atoms with Crippen molar-refractivity contribution in [3.8, 4) is 11.5 Å². The van der Waals surface area contributed by atoms with E-state index in [2.05, 4.69) is 5.10 Å². The van der Waals surface area contributed by atoms with E-state index in [0.717, 1.165) is 5.56 Å². The van der Waals surface area contributed by atoms with Crippen LogP contribution in [0.3, 0.4) is 0 Å². The zero-order chi connectivity index (χ0) is 13.1. The van der Waals surface area contributed by atoms with E-state index in [1.165, 1.54) is 6.07 Å². The minimum absolute atomic E-state index is 0.173. The second kappa shape index (κ2) is 5.40. The highest BCUT2D eigenvalue weighted by atomic mass is 35.5. The maximum atomic E-state index is 13.7. The summed E-state index contributed by atoms with van der Waals surface area (Å²) < 4.78 is 20.9. The van der Waals surface area contributed by atoms with E-state index in [9.17, 15) is 4.39 Å². The van der Waals surface area contributed by atoms with Gasteiger partial charge in [0.2, 0.25) is 0 Å². The third-order valence-electron chi connectivity index (χ3n) is 2.49. The summed E-state index contributed by atoms with van der Waals surface area (Å²) >= 11 is 5.63. The molecule has 0 spiro atoms. The Labute approximate surface area is 110 Å². The molecule has 18 heavy (non-hydrogen) atoms. The summed E-state index contributed by atoms with van der Waals surface area (Å²) in [5, 5.41) is 4.12. The molecular formula is C13H14ClFN2O. The minimum atomic E-state index is -0.426. The number of hydrogen-bond donors (Lipinski definition) is 0. The van der Waals surface area contributed by atoms with Crippen molar-refractivity contribution >= 4 is 11.6 Å². The predicted molar refractivity (Wildman–Crippen MR) is 68.6 cm³/mol. The first-order chi connectivity index (χ1) is 8.60. The molecule has 0 saturated carbocycles. The fourth-order valence-corrected chi connectivity index (χ4v) is 1.66. The van der Waals surface area contributed by atoms with E-state index in [-0.39, 0.29) is 17.7 Å². The average Bonchev–Trinajstić information content (AvgIpc) is 2.80. The third-order valence-corrected chi connectivity index (χ3v) is 2.79. The summed E-state index contributed by atoms with van der Waals surface area (Å²) in [4.78, 5) is 0. The lowest BCUT2D eigenvalue weighted by Crippen LogP contribution is -1.99. The maximum Gasteiger partial charge on any atom is 0.166 e. The topological polar surface area (TPSA) is 27.1 Å². The van der Waals surface area contributed by atoms with Gasteiger partial charge in [-0.3, -0.25) is 4.68 Å². The van der Waals surface area contributed by atoms with Crippen molar-refractivity contribution in [2.75, 3.05) is 0 Å². The molecule has 0 aliphatic rings. The number of halogens is 2. The van der Waals surface area contributed by atoms with Gasteiger partial charge in [0, 0.05) is 11.9 Å². The van der Waals surface area contributed by atoms with Crippen molar-refractivity contribution in [3.05, 3.63) is 42.0 Å². The minimum Gasteiger partial charge on any atom is -0.451 e. The molecule has 0 saturated heterocycles. The van der Waals surface area contributed by atoms with Crippen LogP contribution in [0.4, 0.5) is 4.39 Å². The summed E-state index contributed by atoms with van der Waals surface area (Å²) in [6.45, 7) is 4.01. The van der Waals surface area contributed by atoms with Crippen LogP contribution in [-0.4, -0.2) is 9.78 Å². The molecule has 0 bridgehead atoms. The second-order valence-electron chi connectivity index (χ2n) is 4.25. The summed E-state index contributed by atoms with van der Waals surface area (Å²) in [6.07, 6.45) is 3.30. The molecule has 0 N–H and O–H groups in total. The number of nitrogens with zero attached hydrogens (tertiary/aromatic N) is 2. The average molecular weight is 269 g/mol. The van der Waals surface area contributed by atoms with Gasteiger partial charge >= 0.3 is 0 Å². The highest BCUT2D eigenvalue weighted by Gasteiger charge is 2.08. The molecule has 3 nitrogen and oxygen atoms in total. The summed E-state index contributed by atoms with van der Waals surface area (Å²) in [6, 6.07) is 4.92. The Kier molecular flexibility index (Phi) is 3.87. The lowest BCUT2D eigenvalue weighted by Gasteiger charge is -2.06. The van der Waals surface area contributed by atoms with Gasteiger partial charge in [-0.1, -0.05) is 6.07 Å². The quantitative estimate of drug-likeness (QED) is 0.780. The number of rotatable bonds is 4. The lowest BCUT2D eigenvalue weighted by atomic mass is 10.2. The number of ether oxygens (including phenoxy) is 1. The molecule has 1 aromatic heterocycles. The monoisotopic (exact) mass is 268 g/mol. The fraction of sp³-hybridized carbons (Fsp3) is 0.308. The van der Waals surface area contributed by atoms with Gasteiger partial charge in [-0.15, -0.1) is 11.6 Å². The molecule has 0 aliphatic carbocycles. The lowest BCUT2D eigenvalue weighted by molar-refractivity contribution is 0.439. The van der Waals surface area contributed by atoms with Gasteiger partial charge in [0.25, 0.3) is 0 Å². The van der Waals surface area contributed by atoms with Gasteiger partial charge in [-0.2, -0.15) is 5.10 Å². The van der Waals surface area contributed by atoms with Crippen LogP contribution in [0.25, 0.3) is 0 Å². The van der Waals surface area contributed by atoms with Crippen molar-refractivity contribution in [2.24, 2.45) is 0 Å². The fourth-order valence-electron chi connectivity index (χ4n) is 1.49. The molecular weight excluding hydrogens is 255 g/mol. The van der Waals surface area contributed by atoms with Crippen LogP contribution in [-0.2, 0) is 5.88 Å². The van der Waals surface area contributed by atoms with Crippen molar-refractivity contribution in [3.63, 3.8) is 0 Å². The molecule has 2 rings (SSSR count). The van der Waals surface area contributed by atoms with Crippen molar-refractivity contribution < 1.29 is 9.13 Å². The molecule has 0 radical (unpaired) electrons. The van der Waals surface area contributed by atoms with Gasteiger partial charge in [0.15, 0.2) is 17.3 Å². The van der Waals surface area contributed by atoms with Gasteiger partial charge in [0.1, 0.15) is 0 Å². The van der Waals surface area contributed by atoms with Crippen LogP contribution in [0.1, 0.15) is 25.5 Å². The van der Waals surface area contributed by atoms with Crippen LogP contribution in [0, 0.1) is 5.82 Å². The molecule has 1 aromatic carbocycles. The van der Waals surface area contributed by atoms with Gasteiger partial charge in [-0.05, 0) is 31.5 Å². The molecule has 0 unspecified atom stereocenters. The van der Waals surface area contributed by atoms with E-state index in [1.54, 1.807) is 29.2 Å². The largest absolute Gasteiger partial charge is 0.451 e. The third kappa shape index (κ3) is 2.82. The first-order valence-corrected chi connectivity index (χ1v) is 6.20. The molecule has 96 valence electrons. The first kappa shape index (κ1) is 12.9.